The number of aromatic nitrogens is 2. The molecule has 0 spiro atoms. The Morgan fingerprint density at radius 2 is 2.16 bits per heavy atom. The van der Waals surface area contributed by atoms with E-state index in [1.54, 1.807) is 6.20 Å². The molecule has 0 bridgehead atoms. The molecule has 0 aliphatic carbocycles. The summed E-state index contributed by atoms with van der Waals surface area (Å²) >= 11 is 0. The molecule has 0 radical (unpaired) electrons. The average Bonchev–Trinajstić information content (AvgIpc) is 3.02. The van der Waals surface area contributed by atoms with Crippen molar-refractivity contribution in [2.24, 2.45) is 0 Å². The molecule has 1 saturated heterocycles. The Hall–Kier alpha value is -1.81. The van der Waals surface area contributed by atoms with Gasteiger partial charge in [0, 0.05) is 6.54 Å². The maximum Gasteiger partial charge on any atom is 0.159 e. The molecule has 1 atom stereocenters. The van der Waals surface area contributed by atoms with E-state index < -0.39 is 0 Å². The second kappa shape index (κ2) is 5.45. The molecular formula is C15H19N3O. The van der Waals surface area contributed by atoms with Gasteiger partial charge in [-0.1, -0.05) is 30.3 Å². The average molecular weight is 257 g/mol. The number of hydrogen-bond donors (Lipinski definition) is 0. The zero-order chi connectivity index (χ0) is 13.1. The van der Waals surface area contributed by atoms with Gasteiger partial charge in [0.15, 0.2) is 12.0 Å². The maximum atomic E-state index is 5.95. The number of hydrogen-bond acceptors (Lipinski definition) is 3. The van der Waals surface area contributed by atoms with Crippen LogP contribution in [0.25, 0.3) is 0 Å². The first-order chi connectivity index (χ1) is 9.31. The quantitative estimate of drug-likeness (QED) is 0.842. The Balaban J connectivity index is 1.63. The van der Waals surface area contributed by atoms with Crippen LogP contribution in [0.4, 0.5) is 0 Å². The van der Waals surface area contributed by atoms with Crippen molar-refractivity contribution in [3.05, 3.63) is 48.3 Å². The van der Waals surface area contributed by atoms with Crippen molar-refractivity contribution >= 4 is 0 Å². The fraction of sp³-hybridized carbons (Fsp3) is 0.400. The number of benzene rings is 1. The first-order valence-corrected chi connectivity index (χ1v) is 6.74. The lowest BCUT2D eigenvalue weighted by atomic mass is 10.2. The van der Waals surface area contributed by atoms with E-state index in [1.165, 1.54) is 12.0 Å². The summed E-state index contributed by atoms with van der Waals surface area (Å²) in [5.74, 6) is 0.856. The summed E-state index contributed by atoms with van der Waals surface area (Å²) in [4.78, 5) is 2.24. The molecule has 1 aliphatic rings. The summed E-state index contributed by atoms with van der Waals surface area (Å²) in [6, 6.07) is 10.3. The smallest absolute Gasteiger partial charge is 0.159 e. The van der Waals surface area contributed by atoms with Crippen LogP contribution < -0.4 is 4.74 Å². The van der Waals surface area contributed by atoms with Crippen molar-refractivity contribution in [2.45, 2.75) is 25.6 Å². The highest BCUT2D eigenvalue weighted by atomic mass is 16.5. The summed E-state index contributed by atoms with van der Waals surface area (Å²) in [6.07, 6.45) is 6.28. The Kier molecular flexibility index (Phi) is 3.51. The van der Waals surface area contributed by atoms with Gasteiger partial charge in [-0.3, -0.25) is 9.58 Å². The maximum absolute atomic E-state index is 5.95. The molecule has 1 aliphatic heterocycles. The molecule has 0 N–H and O–H groups in total. The molecule has 0 amide bonds. The van der Waals surface area contributed by atoms with Gasteiger partial charge >= 0.3 is 0 Å². The van der Waals surface area contributed by atoms with Crippen LogP contribution >= 0.6 is 0 Å². The lowest BCUT2D eigenvalue weighted by Gasteiger charge is -2.19. The molecule has 2 aromatic rings. The third-order valence-corrected chi connectivity index (χ3v) is 3.52. The van der Waals surface area contributed by atoms with Gasteiger partial charge < -0.3 is 4.74 Å². The minimum Gasteiger partial charge on any atom is -0.472 e. The number of ether oxygens (including phenoxy) is 1. The van der Waals surface area contributed by atoms with Crippen molar-refractivity contribution in [1.29, 1.82) is 0 Å². The first-order valence-electron chi connectivity index (χ1n) is 6.74. The highest BCUT2D eigenvalue weighted by Crippen LogP contribution is 2.20. The third kappa shape index (κ3) is 2.96. The van der Waals surface area contributed by atoms with E-state index in [4.69, 9.17) is 4.74 Å². The summed E-state index contributed by atoms with van der Waals surface area (Å²) in [7, 11) is 2.10. The summed E-state index contributed by atoms with van der Waals surface area (Å²) in [6.45, 7) is 1.90. The van der Waals surface area contributed by atoms with Gasteiger partial charge in [0.2, 0.25) is 0 Å². The van der Waals surface area contributed by atoms with Crippen LogP contribution in [0.5, 0.6) is 5.75 Å². The van der Waals surface area contributed by atoms with Crippen molar-refractivity contribution in [2.75, 3.05) is 13.6 Å². The molecular weight excluding hydrogens is 238 g/mol. The SMILES string of the molecule is CN1CCCC1Oc1cnn(Cc2ccccc2)c1. The largest absolute Gasteiger partial charge is 0.472 e. The lowest BCUT2D eigenvalue weighted by molar-refractivity contribution is 0.0811. The highest BCUT2D eigenvalue weighted by Gasteiger charge is 2.22. The van der Waals surface area contributed by atoms with Crippen molar-refractivity contribution in [1.82, 2.24) is 14.7 Å². The number of likely N-dealkylation sites (tertiary alicyclic amines) is 1. The van der Waals surface area contributed by atoms with Crippen LogP contribution in [0.2, 0.25) is 0 Å². The lowest BCUT2D eigenvalue weighted by Crippen LogP contribution is -2.30. The van der Waals surface area contributed by atoms with Gasteiger partial charge in [0.05, 0.1) is 18.9 Å². The Morgan fingerprint density at radius 1 is 1.32 bits per heavy atom. The van der Waals surface area contributed by atoms with E-state index >= 15 is 0 Å². The monoisotopic (exact) mass is 257 g/mol. The fourth-order valence-corrected chi connectivity index (χ4v) is 2.45. The molecule has 2 heterocycles. The molecule has 1 fully saturated rings. The van der Waals surface area contributed by atoms with E-state index in [9.17, 15) is 0 Å². The summed E-state index contributed by atoms with van der Waals surface area (Å²) in [5.41, 5.74) is 1.25. The molecule has 4 heteroatoms. The van der Waals surface area contributed by atoms with Crippen LogP contribution in [0, 0.1) is 0 Å². The van der Waals surface area contributed by atoms with Crippen molar-refractivity contribution in [3.63, 3.8) is 0 Å². The third-order valence-electron chi connectivity index (χ3n) is 3.52. The first kappa shape index (κ1) is 12.2. The molecule has 4 nitrogen and oxygen atoms in total. The van der Waals surface area contributed by atoms with Gasteiger partial charge in [-0.2, -0.15) is 5.10 Å². The van der Waals surface area contributed by atoms with Gasteiger partial charge in [0.1, 0.15) is 0 Å². The molecule has 100 valence electrons. The van der Waals surface area contributed by atoms with E-state index in [0.717, 1.165) is 25.3 Å². The van der Waals surface area contributed by atoms with Crippen LogP contribution in [0.1, 0.15) is 18.4 Å². The normalized spacial score (nSPS) is 19.7. The Morgan fingerprint density at radius 3 is 2.89 bits per heavy atom. The minimum atomic E-state index is 0.203. The molecule has 19 heavy (non-hydrogen) atoms. The molecule has 0 saturated carbocycles. The fourth-order valence-electron chi connectivity index (χ4n) is 2.45. The topological polar surface area (TPSA) is 30.3 Å². The van der Waals surface area contributed by atoms with E-state index in [2.05, 4.69) is 29.2 Å². The number of rotatable bonds is 4. The van der Waals surface area contributed by atoms with E-state index in [-0.39, 0.29) is 6.23 Å². The van der Waals surface area contributed by atoms with Crippen LogP contribution in [0.3, 0.4) is 0 Å². The highest BCUT2D eigenvalue weighted by molar-refractivity contribution is 5.17. The van der Waals surface area contributed by atoms with Crippen LogP contribution in [-0.4, -0.2) is 34.5 Å². The van der Waals surface area contributed by atoms with Crippen LogP contribution in [0.15, 0.2) is 42.7 Å². The van der Waals surface area contributed by atoms with Crippen molar-refractivity contribution in [3.8, 4) is 5.75 Å². The van der Waals surface area contributed by atoms with Gasteiger partial charge in [0.25, 0.3) is 0 Å². The minimum absolute atomic E-state index is 0.203. The molecule has 1 aromatic heterocycles. The van der Waals surface area contributed by atoms with E-state index in [0.29, 0.717) is 0 Å². The second-order valence-electron chi connectivity index (χ2n) is 5.05. The van der Waals surface area contributed by atoms with Gasteiger partial charge in [-0.15, -0.1) is 0 Å². The Labute approximate surface area is 113 Å². The zero-order valence-electron chi connectivity index (χ0n) is 11.2. The van der Waals surface area contributed by atoms with E-state index in [1.807, 2.05) is 29.1 Å². The molecule has 1 unspecified atom stereocenters. The molecule has 1 aromatic carbocycles. The summed E-state index contributed by atoms with van der Waals surface area (Å²) in [5, 5.41) is 4.35. The predicted molar refractivity (Wildman–Crippen MR) is 74.1 cm³/mol. The van der Waals surface area contributed by atoms with Crippen molar-refractivity contribution < 1.29 is 4.74 Å². The Bertz CT molecular complexity index is 523. The molecule has 3 rings (SSSR count). The van der Waals surface area contributed by atoms with Gasteiger partial charge in [-0.05, 0) is 25.5 Å². The van der Waals surface area contributed by atoms with Crippen LogP contribution in [-0.2, 0) is 6.54 Å². The number of nitrogens with zero attached hydrogens (tertiary/aromatic N) is 3. The summed E-state index contributed by atoms with van der Waals surface area (Å²) < 4.78 is 7.86. The predicted octanol–water partition coefficient (Wildman–Crippen LogP) is 2.36. The van der Waals surface area contributed by atoms with Gasteiger partial charge in [-0.25, -0.2) is 0 Å². The zero-order valence-corrected chi connectivity index (χ0v) is 11.2. The standard InChI is InChI=1S/C15H19N3O/c1-17-9-5-8-15(17)19-14-10-16-18(12-14)11-13-6-3-2-4-7-13/h2-4,6-7,10,12,15H,5,8-9,11H2,1H3. The second-order valence-corrected chi connectivity index (χ2v) is 5.05.